The van der Waals surface area contributed by atoms with Gasteiger partial charge in [0.2, 0.25) is 0 Å². The highest BCUT2D eigenvalue weighted by Gasteiger charge is 2.02. The molecule has 0 bridgehead atoms. The number of carbonyl (C=O) groups excluding carboxylic acids is 1. The molecule has 0 rings (SSSR count). The van der Waals surface area contributed by atoms with Gasteiger partial charge in [-0.05, 0) is 18.8 Å². The summed E-state index contributed by atoms with van der Waals surface area (Å²) in [7, 11) is 0. The molecule has 0 spiro atoms. The normalized spacial score (nSPS) is 13.3. The lowest BCUT2D eigenvalue weighted by Crippen LogP contribution is -1.97. The molecule has 0 saturated carbocycles. The van der Waals surface area contributed by atoms with E-state index >= 15 is 0 Å². The zero-order valence-corrected chi connectivity index (χ0v) is 9.67. The first-order valence-electron chi connectivity index (χ1n) is 5.95. The standard InChI is InChI=1S/C13H24O/c1-3-5-7-8-10-13(11-12-14)9-6-4-2/h8,10,12-13H,3-7,9,11H2,1-2H3/b10-8+. The van der Waals surface area contributed by atoms with Gasteiger partial charge in [0, 0.05) is 6.42 Å². The number of unbranched alkanes of at least 4 members (excludes halogenated alkanes) is 3. The van der Waals surface area contributed by atoms with Gasteiger partial charge in [-0.15, -0.1) is 0 Å². The molecule has 0 saturated heterocycles. The minimum absolute atomic E-state index is 0.490. The van der Waals surface area contributed by atoms with Crippen molar-refractivity contribution in [2.24, 2.45) is 5.92 Å². The molecular weight excluding hydrogens is 172 g/mol. The second-order valence-corrected chi connectivity index (χ2v) is 3.88. The van der Waals surface area contributed by atoms with Gasteiger partial charge in [-0.2, -0.15) is 0 Å². The van der Waals surface area contributed by atoms with Crippen LogP contribution in [0.3, 0.4) is 0 Å². The number of aldehydes is 1. The molecule has 0 aliphatic carbocycles. The first kappa shape index (κ1) is 13.4. The van der Waals surface area contributed by atoms with Gasteiger partial charge in [-0.3, -0.25) is 0 Å². The molecule has 1 atom stereocenters. The first-order valence-corrected chi connectivity index (χ1v) is 5.95. The van der Waals surface area contributed by atoms with Gasteiger partial charge >= 0.3 is 0 Å². The van der Waals surface area contributed by atoms with E-state index in [9.17, 15) is 4.79 Å². The molecule has 0 radical (unpaired) electrons. The third-order valence-corrected chi connectivity index (χ3v) is 2.46. The van der Waals surface area contributed by atoms with Crippen molar-refractivity contribution in [1.29, 1.82) is 0 Å². The minimum Gasteiger partial charge on any atom is -0.303 e. The van der Waals surface area contributed by atoms with E-state index in [1.165, 1.54) is 25.7 Å². The summed E-state index contributed by atoms with van der Waals surface area (Å²) < 4.78 is 0. The summed E-state index contributed by atoms with van der Waals surface area (Å²) in [5.74, 6) is 0.490. The summed E-state index contributed by atoms with van der Waals surface area (Å²) in [6.07, 6.45) is 13.5. The van der Waals surface area contributed by atoms with Crippen molar-refractivity contribution in [2.75, 3.05) is 0 Å². The van der Waals surface area contributed by atoms with Crippen LogP contribution < -0.4 is 0 Å². The Labute approximate surface area is 88.6 Å². The first-order chi connectivity index (χ1) is 6.85. The van der Waals surface area contributed by atoms with Crippen LogP contribution in [0, 0.1) is 5.92 Å². The monoisotopic (exact) mass is 196 g/mol. The van der Waals surface area contributed by atoms with Gasteiger partial charge < -0.3 is 4.79 Å². The van der Waals surface area contributed by atoms with Crippen molar-refractivity contribution >= 4 is 6.29 Å². The van der Waals surface area contributed by atoms with Crippen molar-refractivity contribution < 1.29 is 4.79 Å². The minimum atomic E-state index is 0.490. The van der Waals surface area contributed by atoms with Crippen LogP contribution in [-0.4, -0.2) is 6.29 Å². The van der Waals surface area contributed by atoms with E-state index < -0.39 is 0 Å². The number of allylic oxidation sites excluding steroid dienone is 2. The third-order valence-electron chi connectivity index (χ3n) is 2.46. The highest BCUT2D eigenvalue weighted by atomic mass is 16.1. The molecule has 82 valence electrons. The Balaban J connectivity index is 3.69. The molecular formula is C13H24O. The molecule has 0 aliphatic rings. The van der Waals surface area contributed by atoms with Gasteiger partial charge in [0.1, 0.15) is 6.29 Å². The van der Waals surface area contributed by atoms with Gasteiger partial charge in [0.15, 0.2) is 0 Å². The Morgan fingerprint density at radius 1 is 1.14 bits per heavy atom. The van der Waals surface area contributed by atoms with E-state index in [4.69, 9.17) is 0 Å². The fourth-order valence-electron chi connectivity index (χ4n) is 1.49. The lowest BCUT2D eigenvalue weighted by atomic mass is 9.98. The predicted octanol–water partition coefficient (Wildman–Crippen LogP) is 4.13. The van der Waals surface area contributed by atoms with Crippen LogP contribution in [0.1, 0.15) is 58.8 Å². The van der Waals surface area contributed by atoms with Crippen molar-refractivity contribution in [3.05, 3.63) is 12.2 Å². The molecule has 0 aromatic carbocycles. The van der Waals surface area contributed by atoms with Crippen LogP contribution >= 0.6 is 0 Å². The summed E-state index contributed by atoms with van der Waals surface area (Å²) in [4.78, 5) is 10.4. The van der Waals surface area contributed by atoms with Crippen LogP contribution in [0.4, 0.5) is 0 Å². The molecule has 1 nitrogen and oxygen atoms in total. The van der Waals surface area contributed by atoms with Crippen molar-refractivity contribution in [3.8, 4) is 0 Å². The SMILES string of the molecule is CCCC/C=C/C(CC=O)CCCC. The van der Waals surface area contributed by atoms with Crippen molar-refractivity contribution in [1.82, 2.24) is 0 Å². The molecule has 0 aromatic rings. The largest absolute Gasteiger partial charge is 0.303 e. The van der Waals surface area contributed by atoms with E-state index in [2.05, 4.69) is 26.0 Å². The summed E-state index contributed by atoms with van der Waals surface area (Å²) in [5, 5.41) is 0. The quantitative estimate of drug-likeness (QED) is 0.308. The Morgan fingerprint density at radius 2 is 1.86 bits per heavy atom. The van der Waals surface area contributed by atoms with Gasteiger partial charge in [-0.25, -0.2) is 0 Å². The van der Waals surface area contributed by atoms with Crippen LogP contribution in [0.25, 0.3) is 0 Å². The van der Waals surface area contributed by atoms with Gasteiger partial charge in [0.25, 0.3) is 0 Å². The van der Waals surface area contributed by atoms with Crippen molar-refractivity contribution in [3.63, 3.8) is 0 Å². The molecule has 0 fully saturated rings. The maximum atomic E-state index is 10.4. The third kappa shape index (κ3) is 8.03. The Bertz CT molecular complexity index is 149. The lowest BCUT2D eigenvalue weighted by molar-refractivity contribution is -0.108. The van der Waals surface area contributed by atoms with Crippen LogP contribution in [0.5, 0.6) is 0 Å². The number of hydrogen-bond acceptors (Lipinski definition) is 1. The second-order valence-electron chi connectivity index (χ2n) is 3.88. The molecule has 1 heteroatoms. The Hall–Kier alpha value is -0.590. The zero-order chi connectivity index (χ0) is 10.6. The van der Waals surface area contributed by atoms with E-state index in [1.54, 1.807) is 0 Å². The molecule has 0 aromatic heterocycles. The zero-order valence-electron chi connectivity index (χ0n) is 9.67. The average Bonchev–Trinajstić information content (AvgIpc) is 2.20. The lowest BCUT2D eigenvalue weighted by Gasteiger charge is -2.07. The average molecular weight is 196 g/mol. The second kappa shape index (κ2) is 10.5. The molecule has 0 heterocycles. The van der Waals surface area contributed by atoms with Crippen LogP contribution in [0.15, 0.2) is 12.2 Å². The molecule has 1 unspecified atom stereocenters. The topological polar surface area (TPSA) is 17.1 Å². The highest BCUT2D eigenvalue weighted by molar-refractivity contribution is 5.50. The van der Waals surface area contributed by atoms with E-state index in [1.807, 2.05) is 0 Å². The molecule has 14 heavy (non-hydrogen) atoms. The molecule has 0 aliphatic heterocycles. The number of hydrogen-bond donors (Lipinski definition) is 0. The molecule has 0 N–H and O–H groups in total. The summed E-state index contributed by atoms with van der Waals surface area (Å²) in [5.41, 5.74) is 0. The van der Waals surface area contributed by atoms with E-state index in [0.717, 1.165) is 19.1 Å². The number of carbonyl (C=O) groups is 1. The highest BCUT2D eigenvalue weighted by Crippen LogP contribution is 2.13. The molecule has 0 amide bonds. The van der Waals surface area contributed by atoms with Gasteiger partial charge in [-0.1, -0.05) is 51.7 Å². The Morgan fingerprint density at radius 3 is 2.43 bits per heavy atom. The Kier molecular flexibility index (Phi) is 10.0. The van der Waals surface area contributed by atoms with Crippen LogP contribution in [0.2, 0.25) is 0 Å². The van der Waals surface area contributed by atoms with Gasteiger partial charge in [0.05, 0.1) is 0 Å². The fourth-order valence-corrected chi connectivity index (χ4v) is 1.49. The van der Waals surface area contributed by atoms with E-state index in [0.29, 0.717) is 12.3 Å². The van der Waals surface area contributed by atoms with Crippen molar-refractivity contribution in [2.45, 2.75) is 58.8 Å². The predicted molar refractivity (Wildman–Crippen MR) is 62.4 cm³/mol. The smallest absolute Gasteiger partial charge is 0.120 e. The maximum absolute atomic E-state index is 10.4. The van der Waals surface area contributed by atoms with Crippen LogP contribution in [-0.2, 0) is 4.79 Å². The van der Waals surface area contributed by atoms with E-state index in [-0.39, 0.29) is 0 Å². The summed E-state index contributed by atoms with van der Waals surface area (Å²) >= 11 is 0. The number of rotatable bonds is 9. The fraction of sp³-hybridized carbons (Fsp3) is 0.769. The summed E-state index contributed by atoms with van der Waals surface area (Å²) in [6, 6.07) is 0. The maximum Gasteiger partial charge on any atom is 0.120 e. The summed E-state index contributed by atoms with van der Waals surface area (Å²) in [6.45, 7) is 4.40.